The Morgan fingerprint density at radius 3 is 2.50 bits per heavy atom. The van der Waals surface area contributed by atoms with E-state index in [4.69, 9.17) is 18.8 Å². The first-order valence-electron chi connectivity index (χ1n) is 3.18. The third-order valence-corrected chi connectivity index (χ3v) is 4.36. The van der Waals surface area contributed by atoms with Gasteiger partial charge in [-0.25, -0.2) is 0 Å². The molecular weight excluding hydrogens is 168 g/mol. The zero-order valence-corrected chi connectivity index (χ0v) is 8.85. The summed E-state index contributed by atoms with van der Waals surface area (Å²) in [6.45, 7) is 4.07. The van der Waals surface area contributed by atoms with Crippen LogP contribution < -0.4 is 0 Å². The molecule has 0 aromatic carbocycles. The average molecular weight is 182 g/mol. The van der Waals surface area contributed by atoms with E-state index in [1.165, 1.54) is 0 Å². The number of rotatable bonds is 5. The summed E-state index contributed by atoms with van der Waals surface area (Å²) in [5.41, 5.74) is 0. The lowest BCUT2D eigenvalue weighted by Crippen LogP contribution is -2.20. The van der Waals surface area contributed by atoms with Crippen molar-refractivity contribution in [2.75, 3.05) is 6.61 Å². The highest BCUT2D eigenvalue weighted by Gasteiger charge is 1.98. The monoisotopic (exact) mass is 182 g/mol. The van der Waals surface area contributed by atoms with Crippen LogP contribution in [0.4, 0.5) is 0 Å². The number of aliphatic hydroxyl groups excluding tert-OH is 1. The lowest BCUT2D eigenvalue weighted by Gasteiger charge is -2.07. The van der Waals surface area contributed by atoms with Crippen LogP contribution in [0.25, 0.3) is 0 Å². The number of hydrogen-bond acceptors (Lipinski definition) is 4. The summed E-state index contributed by atoms with van der Waals surface area (Å²) in [6, 6.07) is 0. The molecule has 4 nitrogen and oxygen atoms in total. The molecule has 0 bridgehead atoms. The van der Waals surface area contributed by atoms with Gasteiger partial charge in [0.05, 0.1) is 6.61 Å². The summed E-state index contributed by atoms with van der Waals surface area (Å²) in [6.07, 6.45) is -1.36. The Balaban J connectivity index is 2.91. The lowest BCUT2D eigenvalue weighted by molar-refractivity contribution is -0.0698. The molecule has 6 heteroatoms. The van der Waals surface area contributed by atoms with Gasteiger partial charge in [0.1, 0.15) is 0 Å². The van der Waals surface area contributed by atoms with Gasteiger partial charge in [0.15, 0.2) is 15.3 Å². The fraction of sp³-hybridized carbons (Fsp3) is 1.00. The molecule has 0 rings (SSSR count). The van der Waals surface area contributed by atoms with Crippen LogP contribution in [0.15, 0.2) is 0 Å². The van der Waals surface area contributed by atoms with E-state index in [9.17, 15) is 0 Å². The second-order valence-electron chi connectivity index (χ2n) is 2.18. The van der Waals surface area contributed by atoms with Crippen LogP contribution in [0.1, 0.15) is 0 Å². The first kappa shape index (κ1) is 10.3. The summed E-state index contributed by atoms with van der Waals surface area (Å²) >= 11 is 0. The fourth-order valence-corrected chi connectivity index (χ4v) is 2.12. The minimum absolute atomic E-state index is 0.0205. The quantitative estimate of drug-likeness (QED) is 0.303. The number of aliphatic hydroxyl groups is 2. The molecule has 2 N–H and O–H groups in total. The van der Waals surface area contributed by atoms with Crippen molar-refractivity contribution in [3.8, 4) is 0 Å². The molecule has 0 saturated heterocycles. The third kappa shape index (κ3) is 8.27. The van der Waals surface area contributed by atoms with Gasteiger partial charge < -0.3 is 18.8 Å². The molecule has 0 aromatic heterocycles. The van der Waals surface area contributed by atoms with E-state index in [1.807, 2.05) is 13.1 Å². The van der Waals surface area contributed by atoms with Gasteiger partial charge in [0.2, 0.25) is 0 Å². The molecule has 0 saturated carbocycles. The van der Waals surface area contributed by atoms with E-state index in [-0.39, 0.29) is 6.61 Å². The lowest BCUT2D eigenvalue weighted by atomic mass is 10.7. The summed E-state index contributed by atoms with van der Waals surface area (Å²) in [4.78, 5) is 0. The van der Waals surface area contributed by atoms with Crippen LogP contribution in [0.3, 0.4) is 0 Å². The smallest absolute Gasteiger partial charge is 0.294 e. The molecule has 0 aliphatic heterocycles. The minimum atomic E-state index is -1.36. The Labute approximate surface area is 64.6 Å². The van der Waals surface area contributed by atoms with Crippen molar-refractivity contribution >= 4 is 19.0 Å². The maximum atomic E-state index is 8.33. The highest BCUT2D eigenvalue weighted by Crippen LogP contribution is 1.83. The maximum absolute atomic E-state index is 8.33. The molecule has 0 atom stereocenters. The fourth-order valence-electron chi connectivity index (χ4n) is 0.338. The van der Waals surface area contributed by atoms with Crippen molar-refractivity contribution in [2.24, 2.45) is 0 Å². The van der Waals surface area contributed by atoms with Gasteiger partial charge in [-0.05, 0) is 13.1 Å². The van der Waals surface area contributed by atoms with Gasteiger partial charge >= 0.3 is 0 Å². The van der Waals surface area contributed by atoms with Crippen molar-refractivity contribution in [2.45, 2.75) is 19.4 Å². The van der Waals surface area contributed by atoms with E-state index < -0.39 is 25.3 Å². The van der Waals surface area contributed by atoms with Gasteiger partial charge in [-0.15, -0.1) is 0 Å². The summed E-state index contributed by atoms with van der Waals surface area (Å²) in [5, 5.41) is 16.7. The zero-order valence-electron chi connectivity index (χ0n) is 6.28. The highest BCUT2D eigenvalue weighted by molar-refractivity contribution is 6.54. The van der Waals surface area contributed by atoms with Crippen LogP contribution >= 0.6 is 0 Å². The molecule has 0 aliphatic rings. The van der Waals surface area contributed by atoms with E-state index in [1.54, 1.807) is 0 Å². The van der Waals surface area contributed by atoms with Crippen LogP contribution in [-0.2, 0) is 8.54 Å². The Bertz CT molecular complexity index is 67.7. The Hall–Kier alpha value is 0.274. The molecule has 0 unspecified atom stereocenters. The topological polar surface area (TPSA) is 58.9 Å². The van der Waals surface area contributed by atoms with Crippen molar-refractivity contribution < 1.29 is 18.8 Å². The minimum Gasteiger partial charge on any atom is -0.443 e. The molecule has 0 heterocycles. The molecule has 0 radical (unpaired) electrons. The van der Waals surface area contributed by atoms with Crippen LogP contribution in [0.5, 0.6) is 0 Å². The predicted molar refractivity (Wildman–Crippen MR) is 42.7 cm³/mol. The van der Waals surface area contributed by atoms with Gasteiger partial charge in [0, 0.05) is 0 Å². The molecule has 0 amide bonds. The van der Waals surface area contributed by atoms with E-state index in [0.29, 0.717) is 0 Å². The van der Waals surface area contributed by atoms with E-state index in [0.717, 1.165) is 0 Å². The normalized spacial score (nSPS) is 12.6. The first-order valence-corrected chi connectivity index (χ1v) is 7.12. The predicted octanol–water partition coefficient (Wildman–Crippen LogP) is -1.69. The molecule has 0 spiro atoms. The van der Waals surface area contributed by atoms with Crippen LogP contribution in [-0.4, -0.2) is 42.2 Å². The van der Waals surface area contributed by atoms with E-state index >= 15 is 0 Å². The molecule has 0 aromatic rings. The standard InChI is InChI=1S/C4H14O4Si2/c1-10(2)8-9-7-3-4(5)6/h4-6,10H,3,9H2,1-2H3. The Morgan fingerprint density at radius 1 is 1.50 bits per heavy atom. The Morgan fingerprint density at radius 2 is 2.10 bits per heavy atom. The maximum Gasteiger partial charge on any atom is 0.294 e. The highest BCUT2D eigenvalue weighted by atomic mass is 28.4. The largest absolute Gasteiger partial charge is 0.443 e. The zero-order chi connectivity index (χ0) is 7.98. The van der Waals surface area contributed by atoms with Gasteiger partial charge in [-0.3, -0.25) is 0 Å². The second-order valence-corrected chi connectivity index (χ2v) is 6.26. The third-order valence-electron chi connectivity index (χ3n) is 0.752. The average Bonchev–Trinajstić information content (AvgIpc) is 1.79. The van der Waals surface area contributed by atoms with Crippen molar-refractivity contribution in [1.29, 1.82) is 0 Å². The number of hydrogen-bond donors (Lipinski definition) is 2. The molecule has 0 fully saturated rings. The second kappa shape index (κ2) is 6.01. The van der Waals surface area contributed by atoms with Crippen molar-refractivity contribution in [3.63, 3.8) is 0 Å². The van der Waals surface area contributed by atoms with Gasteiger partial charge in [-0.1, -0.05) is 0 Å². The summed E-state index contributed by atoms with van der Waals surface area (Å²) in [7, 11) is -1.90. The molecule has 10 heavy (non-hydrogen) atoms. The molecule has 0 aliphatic carbocycles. The SMILES string of the molecule is C[SiH](C)O[SiH2]OCC(O)O. The van der Waals surface area contributed by atoms with Crippen LogP contribution in [0, 0.1) is 0 Å². The Kier molecular flexibility index (Phi) is 6.18. The first-order chi connectivity index (χ1) is 4.63. The van der Waals surface area contributed by atoms with Gasteiger partial charge in [0.25, 0.3) is 10.0 Å². The van der Waals surface area contributed by atoms with Crippen LogP contribution in [0.2, 0.25) is 13.1 Å². The van der Waals surface area contributed by atoms with Gasteiger partial charge in [-0.2, -0.15) is 0 Å². The molecular formula is C4H14O4Si2. The summed E-state index contributed by atoms with van der Waals surface area (Å²) < 4.78 is 10.1. The van der Waals surface area contributed by atoms with Crippen molar-refractivity contribution in [3.05, 3.63) is 0 Å². The molecule has 62 valence electrons. The van der Waals surface area contributed by atoms with E-state index in [2.05, 4.69) is 0 Å². The van der Waals surface area contributed by atoms with Crippen molar-refractivity contribution in [1.82, 2.24) is 0 Å². The summed E-state index contributed by atoms with van der Waals surface area (Å²) in [5.74, 6) is 0.